The van der Waals surface area contributed by atoms with E-state index in [1.807, 2.05) is 14.2 Å². The molecule has 0 amide bonds. The number of hydrogen-bond donors (Lipinski definition) is 0. The molecule has 0 aliphatic rings. The first-order valence-electron chi connectivity index (χ1n) is 9.17. The summed E-state index contributed by atoms with van der Waals surface area (Å²) in [6, 6.07) is 8.02. The van der Waals surface area contributed by atoms with Crippen LogP contribution >= 0.6 is 0 Å². The van der Waals surface area contributed by atoms with Crippen molar-refractivity contribution in [3.05, 3.63) is 0 Å². The Morgan fingerprint density at radius 3 is 1.00 bits per heavy atom. The molecule has 0 rings (SSSR count). The SMILES string of the molecule is CCC[Si](CCC)(CCC[Si](CCC)(CCC)OC)OC. The Morgan fingerprint density at radius 2 is 0.810 bits per heavy atom. The monoisotopic (exact) mass is 332 g/mol. The zero-order valence-corrected chi connectivity index (χ0v) is 17.6. The molecule has 2 nitrogen and oxygen atoms in total. The van der Waals surface area contributed by atoms with Crippen LogP contribution in [0.4, 0.5) is 0 Å². The molecule has 0 heterocycles. The summed E-state index contributed by atoms with van der Waals surface area (Å²) in [6.45, 7) is 9.22. The van der Waals surface area contributed by atoms with E-state index in [4.69, 9.17) is 8.85 Å². The van der Waals surface area contributed by atoms with Crippen molar-refractivity contribution in [2.24, 2.45) is 0 Å². The van der Waals surface area contributed by atoms with Crippen LogP contribution in [0.5, 0.6) is 0 Å². The van der Waals surface area contributed by atoms with Gasteiger partial charge in [-0.1, -0.05) is 59.8 Å². The van der Waals surface area contributed by atoms with Gasteiger partial charge in [0, 0.05) is 14.2 Å². The minimum atomic E-state index is -1.46. The number of rotatable bonds is 14. The van der Waals surface area contributed by atoms with Gasteiger partial charge in [0.05, 0.1) is 0 Å². The highest BCUT2D eigenvalue weighted by Gasteiger charge is 2.35. The molecule has 0 radical (unpaired) electrons. The van der Waals surface area contributed by atoms with Gasteiger partial charge in [-0.05, 0) is 36.3 Å². The molecule has 0 aliphatic heterocycles. The maximum atomic E-state index is 6.10. The summed E-state index contributed by atoms with van der Waals surface area (Å²) < 4.78 is 12.2. The summed E-state index contributed by atoms with van der Waals surface area (Å²) >= 11 is 0. The van der Waals surface area contributed by atoms with Gasteiger partial charge >= 0.3 is 0 Å². The van der Waals surface area contributed by atoms with E-state index in [0.29, 0.717) is 0 Å². The van der Waals surface area contributed by atoms with Crippen molar-refractivity contribution in [2.45, 2.75) is 96.1 Å². The lowest BCUT2D eigenvalue weighted by Crippen LogP contribution is -2.39. The smallest absolute Gasteiger partial charge is 0.192 e. The van der Waals surface area contributed by atoms with E-state index in [-0.39, 0.29) is 0 Å². The van der Waals surface area contributed by atoms with Gasteiger partial charge in [0.15, 0.2) is 16.6 Å². The van der Waals surface area contributed by atoms with E-state index in [1.165, 1.54) is 68.4 Å². The van der Waals surface area contributed by atoms with Gasteiger partial charge in [0.25, 0.3) is 0 Å². The van der Waals surface area contributed by atoms with Crippen LogP contribution in [-0.2, 0) is 8.85 Å². The van der Waals surface area contributed by atoms with Crippen molar-refractivity contribution in [3.63, 3.8) is 0 Å². The third kappa shape index (κ3) is 7.44. The average Bonchev–Trinajstić information content (AvgIpc) is 2.48. The minimum absolute atomic E-state index is 1.27. The second kappa shape index (κ2) is 11.9. The average molecular weight is 333 g/mol. The van der Waals surface area contributed by atoms with E-state index in [1.54, 1.807) is 0 Å². The zero-order valence-electron chi connectivity index (χ0n) is 15.6. The van der Waals surface area contributed by atoms with Crippen LogP contribution in [0.3, 0.4) is 0 Å². The molecular formula is C17H40O2Si2. The lowest BCUT2D eigenvalue weighted by molar-refractivity contribution is 0.378. The fourth-order valence-electron chi connectivity index (χ4n) is 3.92. The second-order valence-electron chi connectivity index (χ2n) is 6.63. The molecule has 0 spiro atoms. The van der Waals surface area contributed by atoms with E-state index in [2.05, 4.69) is 27.7 Å². The molecule has 0 fully saturated rings. The van der Waals surface area contributed by atoms with Crippen molar-refractivity contribution >= 4 is 16.6 Å². The first-order valence-corrected chi connectivity index (χ1v) is 14.2. The quantitative estimate of drug-likeness (QED) is 0.352. The van der Waals surface area contributed by atoms with Crippen LogP contribution in [0, 0.1) is 0 Å². The van der Waals surface area contributed by atoms with Gasteiger partial charge < -0.3 is 8.85 Å². The Bertz CT molecular complexity index is 211. The van der Waals surface area contributed by atoms with Gasteiger partial charge in [-0.15, -0.1) is 0 Å². The predicted molar refractivity (Wildman–Crippen MR) is 100 cm³/mol. The molecule has 0 atom stereocenters. The predicted octanol–water partition coefficient (Wildman–Crippen LogP) is 6.20. The first-order chi connectivity index (χ1) is 10.1. The van der Waals surface area contributed by atoms with Crippen LogP contribution in [0.25, 0.3) is 0 Å². The lowest BCUT2D eigenvalue weighted by atomic mass is 10.5. The molecule has 21 heavy (non-hydrogen) atoms. The van der Waals surface area contributed by atoms with Gasteiger partial charge in [-0.3, -0.25) is 0 Å². The van der Waals surface area contributed by atoms with Crippen LogP contribution < -0.4 is 0 Å². The summed E-state index contributed by atoms with van der Waals surface area (Å²) in [5, 5.41) is 0. The molecule has 4 heteroatoms. The Morgan fingerprint density at radius 1 is 0.524 bits per heavy atom. The van der Waals surface area contributed by atoms with E-state index in [9.17, 15) is 0 Å². The number of hydrogen-bond acceptors (Lipinski definition) is 2. The van der Waals surface area contributed by atoms with Crippen molar-refractivity contribution in [1.29, 1.82) is 0 Å². The minimum Gasteiger partial charge on any atom is -0.420 e. The lowest BCUT2D eigenvalue weighted by Gasteiger charge is -2.33. The molecule has 0 N–H and O–H groups in total. The molecule has 128 valence electrons. The third-order valence-corrected chi connectivity index (χ3v) is 14.9. The fraction of sp³-hybridized carbons (Fsp3) is 1.00. The molecule has 0 saturated carbocycles. The Kier molecular flexibility index (Phi) is 12.1. The van der Waals surface area contributed by atoms with Gasteiger partial charge in [0.2, 0.25) is 0 Å². The highest BCUT2D eigenvalue weighted by atomic mass is 28.4. The summed E-state index contributed by atoms with van der Waals surface area (Å²) in [7, 11) is 1.02. The highest BCUT2D eigenvalue weighted by molar-refractivity contribution is 6.75. The van der Waals surface area contributed by atoms with Crippen LogP contribution in [0.15, 0.2) is 0 Å². The molecule has 0 aliphatic carbocycles. The van der Waals surface area contributed by atoms with Crippen LogP contribution in [0.1, 0.15) is 59.8 Å². The molecule has 0 saturated heterocycles. The van der Waals surface area contributed by atoms with Crippen molar-refractivity contribution in [3.8, 4) is 0 Å². The molecular weight excluding hydrogens is 292 g/mol. The normalized spacial score (nSPS) is 12.9. The summed E-state index contributed by atoms with van der Waals surface area (Å²) in [6.07, 6.45) is 6.43. The fourth-order valence-corrected chi connectivity index (χ4v) is 12.3. The summed E-state index contributed by atoms with van der Waals surface area (Å²) in [5.74, 6) is 0. The van der Waals surface area contributed by atoms with Gasteiger partial charge in [-0.25, -0.2) is 0 Å². The van der Waals surface area contributed by atoms with Gasteiger partial charge in [-0.2, -0.15) is 0 Å². The standard InChI is InChI=1S/C17H40O2Si2/c1-7-12-20(18-5,13-8-2)16-11-17-21(19-6,14-9-3)15-10-4/h7-17H2,1-6H3. The van der Waals surface area contributed by atoms with Gasteiger partial charge in [0.1, 0.15) is 0 Å². The van der Waals surface area contributed by atoms with E-state index in [0.717, 1.165) is 0 Å². The first kappa shape index (κ1) is 21.4. The third-order valence-electron chi connectivity index (χ3n) is 4.95. The maximum absolute atomic E-state index is 6.10. The van der Waals surface area contributed by atoms with Crippen LogP contribution in [-0.4, -0.2) is 30.9 Å². The molecule has 0 aromatic rings. The largest absolute Gasteiger partial charge is 0.420 e. The highest BCUT2D eigenvalue weighted by Crippen LogP contribution is 2.32. The topological polar surface area (TPSA) is 18.5 Å². The zero-order chi connectivity index (χ0) is 16.2. The summed E-state index contributed by atoms with van der Waals surface area (Å²) in [4.78, 5) is 0. The van der Waals surface area contributed by atoms with Crippen molar-refractivity contribution < 1.29 is 8.85 Å². The summed E-state index contributed by atoms with van der Waals surface area (Å²) in [5.41, 5.74) is 0. The molecule has 0 aromatic carbocycles. The van der Waals surface area contributed by atoms with E-state index >= 15 is 0 Å². The van der Waals surface area contributed by atoms with Crippen molar-refractivity contribution in [2.75, 3.05) is 14.2 Å². The van der Waals surface area contributed by atoms with E-state index < -0.39 is 16.6 Å². The molecule has 0 aromatic heterocycles. The Hall–Kier alpha value is 0.354. The maximum Gasteiger partial charge on any atom is 0.192 e. The molecule has 0 bridgehead atoms. The second-order valence-corrected chi connectivity index (χ2v) is 15.2. The van der Waals surface area contributed by atoms with Crippen molar-refractivity contribution in [1.82, 2.24) is 0 Å². The van der Waals surface area contributed by atoms with Crippen LogP contribution in [0.2, 0.25) is 36.3 Å². The molecule has 0 unspecified atom stereocenters. The Labute approximate surface area is 136 Å². The Balaban J connectivity index is 4.62.